The molecule has 2 N–H and O–H groups in total. The summed E-state index contributed by atoms with van der Waals surface area (Å²) >= 11 is 0. The van der Waals surface area contributed by atoms with Crippen molar-refractivity contribution >= 4 is 32.5 Å². The first kappa shape index (κ1) is 21.9. The molecule has 0 amide bonds. The van der Waals surface area contributed by atoms with Gasteiger partial charge in [-0.2, -0.15) is 4.98 Å². The van der Waals surface area contributed by atoms with Crippen LogP contribution in [0.15, 0.2) is 40.2 Å². The van der Waals surface area contributed by atoms with Gasteiger partial charge in [0.1, 0.15) is 11.5 Å². The fraction of sp³-hybridized carbons (Fsp3) is 0.318. The minimum absolute atomic E-state index is 0.00255. The summed E-state index contributed by atoms with van der Waals surface area (Å²) in [6.07, 6.45) is 9.78. The van der Waals surface area contributed by atoms with Crippen LogP contribution >= 0.6 is 0 Å². The van der Waals surface area contributed by atoms with Gasteiger partial charge in [0.2, 0.25) is 5.95 Å². The van der Waals surface area contributed by atoms with Crippen LogP contribution in [0.3, 0.4) is 0 Å². The van der Waals surface area contributed by atoms with Crippen LogP contribution in [0.25, 0.3) is 11.0 Å². The number of aromatic nitrogens is 3. The number of pyridine rings is 1. The second-order valence-corrected chi connectivity index (χ2v) is 10.2. The molecule has 1 fully saturated rings. The van der Waals surface area contributed by atoms with Gasteiger partial charge < -0.3 is 10.4 Å². The maximum atomic E-state index is 14.5. The largest absolute Gasteiger partial charge is 0.388 e. The monoisotopic (exact) mass is 456 g/mol. The summed E-state index contributed by atoms with van der Waals surface area (Å²) in [5.74, 6) is 1.58. The van der Waals surface area contributed by atoms with Gasteiger partial charge in [-0.05, 0) is 50.5 Å². The van der Waals surface area contributed by atoms with Gasteiger partial charge in [0.15, 0.2) is 9.84 Å². The van der Waals surface area contributed by atoms with Crippen LogP contribution in [0.5, 0.6) is 0 Å². The van der Waals surface area contributed by atoms with E-state index in [1.807, 2.05) is 0 Å². The molecule has 0 unspecified atom stereocenters. The van der Waals surface area contributed by atoms with Gasteiger partial charge >= 0.3 is 0 Å². The highest BCUT2D eigenvalue weighted by atomic mass is 32.2. The van der Waals surface area contributed by atoms with Crippen LogP contribution < -0.4 is 10.9 Å². The molecule has 0 aliphatic heterocycles. The average molecular weight is 456 g/mol. The Bertz CT molecular complexity index is 1440. The lowest BCUT2D eigenvalue weighted by Crippen LogP contribution is -2.38. The summed E-state index contributed by atoms with van der Waals surface area (Å²) < 4.78 is 39.1. The van der Waals surface area contributed by atoms with Crippen LogP contribution in [0, 0.1) is 18.2 Å². The Balaban J connectivity index is 1.83. The highest BCUT2D eigenvalue weighted by Gasteiger charge is 2.39. The van der Waals surface area contributed by atoms with Crippen LogP contribution in [0.1, 0.15) is 37.8 Å². The molecule has 0 saturated heterocycles. The number of rotatable bonds is 4. The van der Waals surface area contributed by atoms with Gasteiger partial charge in [0.25, 0.3) is 5.56 Å². The number of terminal acetylenes is 1. The van der Waals surface area contributed by atoms with Crippen molar-refractivity contribution < 1.29 is 17.9 Å². The smallest absolute Gasteiger partial charge is 0.268 e. The number of anilines is 2. The predicted octanol–water partition coefficient (Wildman–Crippen LogP) is 2.54. The first-order valence-corrected chi connectivity index (χ1v) is 11.8. The first-order valence-electron chi connectivity index (χ1n) is 9.89. The predicted molar refractivity (Wildman–Crippen MR) is 118 cm³/mol. The lowest BCUT2D eigenvalue weighted by molar-refractivity contribution is 0.0266. The molecule has 166 valence electrons. The number of nitrogens with one attached hydrogen (secondary N) is 1. The van der Waals surface area contributed by atoms with E-state index in [-0.39, 0.29) is 27.7 Å². The molecule has 4 rings (SSSR count). The quantitative estimate of drug-likeness (QED) is 0.580. The molecule has 8 nitrogen and oxygen atoms in total. The highest BCUT2D eigenvalue weighted by molar-refractivity contribution is 7.90. The van der Waals surface area contributed by atoms with Crippen molar-refractivity contribution in [3.63, 3.8) is 0 Å². The van der Waals surface area contributed by atoms with Crippen LogP contribution in [-0.2, 0) is 9.84 Å². The lowest BCUT2D eigenvalue weighted by atomic mass is 9.99. The summed E-state index contributed by atoms with van der Waals surface area (Å²) in [4.78, 5) is 21.5. The minimum Gasteiger partial charge on any atom is -0.388 e. The molecule has 0 spiro atoms. The first-order chi connectivity index (χ1) is 15.0. The van der Waals surface area contributed by atoms with Gasteiger partial charge in [-0.1, -0.05) is 5.92 Å². The molecule has 2 atom stereocenters. The third kappa shape index (κ3) is 3.85. The maximum Gasteiger partial charge on any atom is 0.268 e. The SMILES string of the molecule is C#Cc1cc2cnc(Nc3ccc(S(C)(=O)=O)cc3F)nc2n([C@@H]2CCC[C@@]2(C)O)c1=O. The Labute approximate surface area is 184 Å². The number of fused-ring (bicyclic) bond motifs is 1. The molecule has 0 radical (unpaired) electrons. The van der Waals surface area contributed by atoms with Crippen molar-refractivity contribution in [2.24, 2.45) is 0 Å². The molecule has 1 aliphatic carbocycles. The molecule has 3 aromatic rings. The summed E-state index contributed by atoms with van der Waals surface area (Å²) in [7, 11) is -3.56. The second kappa shape index (κ2) is 7.69. The van der Waals surface area contributed by atoms with Crippen molar-refractivity contribution in [3.8, 4) is 12.3 Å². The van der Waals surface area contributed by atoms with Gasteiger partial charge in [-0.3, -0.25) is 9.36 Å². The molecule has 2 heterocycles. The maximum absolute atomic E-state index is 14.5. The average Bonchev–Trinajstić information content (AvgIpc) is 3.07. The summed E-state index contributed by atoms with van der Waals surface area (Å²) in [6, 6.07) is 4.42. The van der Waals surface area contributed by atoms with Gasteiger partial charge in [-0.25, -0.2) is 17.8 Å². The summed E-state index contributed by atoms with van der Waals surface area (Å²) in [5, 5.41) is 14.0. The highest BCUT2D eigenvalue weighted by Crippen LogP contribution is 2.39. The van der Waals surface area contributed by atoms with E-state index >= 15 is 0 Å². The summed E-state index contributed by atoms with van der Waals surface area (Å²) in [5.41, 5.74) is -1.20. The van der Waals surface area contributed by atoms with Crippen molar-refractivity contribution in [1.82, 2.24) is 14.5 Å². The Kier molecular flexibility index (Phi) is 5.27. The standard InChI is InChI=1S/C22H21FN4O4S/c1-4-13-10-14-12-24-21(25-17-8-7-15(11-16(17)23)32(3,30)31)26-19(14)27(20(13)28)18-6-5-9-22(18,2)29/h1,7-8,10-12,18,29H,5-6,9H2,2-3H3,(H,24,25,26)/t18-,22-/m1/s1. The molecular weight excluding hydrogens is 435 g/mol. The molecule has 1 aliphatic rings. The minimum atomic E-state index is -3.56. The molecular formula is C22H21FN4O4S. The molecule has 0 bridgehead atoms. The third-order valence-corrected chi connectivity index (χ3v) is 6.84. The normalized spacial score (nSPS) is 20.9. The van der Waals surface area contributed by atoms with Crippen molar-refractivity contribution in [2.75, 3.05) is 11.6 Å². The number of hydrogen-bond donors (Lipinski definition) is 2. The molecule has 2 aromatic heterocycles. The zero-order chi connectivity index (χ0) is 23.3. The van der Waals surface area contributed by atoms with Crippen LogP contribution in [-0.4, -0.2) is 39.9 Å². The van der Waals surface area contributed by atoms with Crippen molar-refractivity contribution in [1.29, 1.82) is 0 Å². The Morgan fingerprint density at radius 2 is 2.12 bits per heavy atom. The summed E-state index contributed by atoms with van der Waals surface area (Å²) in [6.45, 7) is 1.67. The van der Waals surface area contributed by atoms with E-state index in [4.69, 9.17) is 6.42 Å². The van der Waals surface area contributed by atoms with Crippen molar-refractivity contribution in [2.45, 2.75) is 42.7 Å². The fourth-order valence-corrected chi connectivity index (χ4v) is 4.69. The zero-order valence-electron chi connectivity index (χ0n) is 17.5. The lowest BCUT2D eigenvalue weighted by Gasteiger charge is -2.28. The van der Waals surface area contributed by atoms with E-state index in [9.17, 15) is 22.7 Å². The van der Waals surface area contributed by atoms with E-state index in [2.05, 4.69) is 21.2 Å². The number of aliphatic hydroxyl groups is 1. The number of sulfone groups is 1. The van der Waals surface area contributed by atoms with Gasteiger partial charge in [0.05, 0.1) is 27.8 Å². The zero-order valence-corrected chi connectivity index (χ0v) is 18.3. The van der Waals surface area contributed by atoms with Gasteiger partial charge in [-0.15, -0.1) is 6.42 Å². The Morgan fingerprint density at radius 1 is 1.38 bits per heavy atom. The topological polar surface area (TPSA) is 114 Å². The van der Waals surface area contributed by atoms with E-state index in [1.165, 1.54) is 29.0 Å². The molecule has 10 heteroatoms. The molecule has 1 saturated carbocycles. The van der Waals surface area contributed by atoms with Gasteiger partial charge in [0, 0.05) is 17.8 Å². The molecule has 32 heavy (non-hydrogen) atoms. The Hall–Kier alpha value is -3.29. The van der Waals surface area contributed by atoms with E-state index < -0.39 is 32.9 Å². The second-order valence-electron chi connectivity index (χ2n) is 8.15. The van der Waals surface area contributed by atoms with Crippen LogP contribution in [0.4, 0.5) is 16.0 Å². The van der Waals surface area contributed by atoms with E-state index in [1.54, 1.807) is 6.92 Å². The number of benzene rings is 1. The molecule has 1 aromatic carbocycles. The van der Waals surface area contributed by atoms with Crippen molar-refractivity contribution in [3.05, 3.63) is 52.2 Å². The van der Waals surface area contributed by atoms with E-state index in [0.717, 1.165) is 18.7 Å². The third-order valence-electron chi connectivity index (χ3n) is 5.73. The number of halogens is 1. The number of nitrogens with zero attached hydrogens (tertiary/aromatic N) is 3. The number of hydrogen-bond acceptors (Lipinski definition) is 7. The van der Waals surface area contributed by atoms with E-state index in [0.29, 0.717) is 18.2 Å². The fourth-order valence-electron chi connectivity index (χ4n) is 4.06. The van der Waals surface area contributed by atoms with Crippen LogP contribution in [0.2, 0.25) is 0 Å². The Morgan fingerprint density at radius 3 is 2.72 bits per heavy atom.